The van der Waals surface area contributed by atoms with Gasteiger partial charge >= 0.3 is 6.18 Å². The molecule has 0 unspecified atom stereocenters. The maximum Gasteiger partial charge on any atom is 0.436 e. The standard InChI is InChI=1S/C14H10F3N5O/c1-23-13-6-11(18-8-19-13)9-3-2-4-10(5-9)22-7-12(20-21-22)14(15,16)17/h2-8H,1H3. The van der Waals surface area contributed by atoms with Crippen LogP contribution in [0, 0.1) is 0 Å². The molecular formula is C14H10F3N5O. The molecule has 9 heteroatoms. The quantitative estimate of drug-likeness (QED) is 0.742. The summed E-state index contributed by atoms with van der Waals surface area (Å²) in [7, 11) is 1.48. The lowest BCUT2D eigenvalue weighted by atomic mass is 10.1. The highest BCUT2D eigenvalue weighted by molar-refractivity contribution is 5.62. The predicted octanol–water partition coefficient (Wildman–Crippen LogP) is 2.75. The van der Waals surface area contributed by atoms with Gasteiger partial charge < -0.3 is 4.74 Å². The lowest BCUT2D eigenvalue weighted by molar-refractivity contribution is -0.141. The predicted molar refractivity (Wildman–Crippen MR) is 73.9 cm³/mol. The molecule has 2 aromatic heterocycles. The summed E-state index contributed by atoms with van der Waals surface area (Å²) in [5, 5.41) is 6.65. The molecule has 6 nitrogen and oxygen atoms in total. The average Bonchev–Trinajstić information content (AvgIpc) is 3.05. The Balaban J connectivity index is 1.98. The molecule has 0 aliphatic heterocycles. The van der Waals surface area contributed by atoms with Crippen molar-refractivity contribution in [2.45, 2.75) is 6.18 Å². The minimum Gasteiger partial charge on any atom is -0.481 e. The Kier molecular flexibility index (Phi) is 3.68. The number of hydrogen-bond donors (Lipinski definition) is 0. The first-order valence-electron chi connectivity index (χ1n) is 6.44. The zero-order valence-corrected chi connectivity index (χ0v) is 11.8. The van der Waals surface area contributed by atoms with Crippen molar-refractivity contribution in [3.8, 4) is 22.8 Å². The Labute approximate surface area is 128 Å². The topological polar surface area (TPSA) is 65.7 Å². The Morgan fingerprint density at radius 3 is 2.65 bits per heavy atom. The number of halogens is 3. The second kappa shape index (κ2) is 5.67. The van der Waals surface area contributed by atoms with Crippen molar-refractivity contribution >= 4 is 0 Å². The summed E-state index contributed by atoms with van der Waals surface area (Å²) in [5.41, 5.74) is 0.650. The Hall–Kier alpha value is -2.97. The second-order valence-electron chi connectivity index (χ2n) is 4.54. The maximum atomic E-state index is 12.6. The van der Waals surface area contributed by atoms with Crippen molar-refractivity contribution in [2.75, 3.05) is 7.11 Å². The highest BCUT2D eigenvalue weighted by Crippen LogP contribution is 2.28. The van der Waals surface area contributed by atoms with Crippen LogP contribution in [-0.4, -0.2) is 32.1 Å². The van der Waals surface area contributed by atoms with Gasteiger partial charge in [0.05, 0.1) is 24.7 Å². The van der Waals surface area contributed by atoms with Crippen molar-refractivity contribution in [3.05, 3.63) is 48.5 Å². The van der Waals surface area contributed by atoms with E-state index in [4.69, 9.17) is 4.74 Å². The SMILES string of the molecule is COc1cc(-c2cccc(-n3cc(C(F)(F)F)nn3)c2)ncn1. The Bertz CT molecular complexity index is 831. The van der Waals surface area contributed by atoms with Crippen LogP contribution in [0.3, 0.4) is 0 Å². The van der Waals surface area contributed by atoms with Gasteiger partial charge in [-0.3, -0.25) is 0 Å². The first-order valence-corrected chi connectivity index (χ1v) is 6.44. The van der Waals surface area contributed by atoms with Crippen LogP contribution in [-0.2, 0) is 6.18 Å². The van der Waals surface area contributed by atoms with Crippen LogP contribution in [0.15, 0.2) is 42.9 Å². The van der Waals surface area contributed by atoms with E-state index in [1.165, 1.54) is 13.4 Å². The summed E-state index contributed by atoms with van der Waals surface area (Å²) >= 11 is 0. The molecule has 0 bridgehead atoms. The van der Waals surface area contributed by atoms with E-state index >= 15 is 0 Å². The molecule has 0 aliphatic carbocycles. The second-order valence-corrected chi connectivity index (χ2v) is 4.54. The van der Waals surface area contributed by atoms with Crippen molar-refractivity contribution in [1.82, 2.24) is 25.0 Å². The number of methoxy groups -OCH3 is 1. The molecule has 0 spiro atoms. The first kappa shape index (κ1) is 14.9. The van der Waals surface area contributed by atoms with Crippen molar-refractivity contribution in [1.29, 1.82) is 0 Å². The number of alkyl halides is 3. The molecule has 2 heterocycles. The molecule has 0 N–H and O–H groups in total. The number of hydrogen-bond acceptors (Lipinski definition) is 5. The minimum absolute atomic E-state index is 0.389. The van der Waals surface area contributed by atoms with Crippen molar-refractivity contribution < 1.29 is 17.9 Å². The van der Waals surface area contributed by atoms with Gasteiger partial charge in [-0.2, -0.15) is 13.2 Å². The van der Waals surface area contributed by atoms with Crippen LogP contribution in [0.2, 0.25) is 0 Å². The molecule has 3 rings (SSSR count). The monoisotopic (exact) mass is 321 g/mol. The third-order valence-electron chi connectivity index (χ3n) is 3.04. The van der Waals surface area contributed by atoms with Gasteiger partial charge in [0.25, 0.3) is 0 Å². The van der Waals surface area contributed by atoms with Gasteiger partial charge in [0, 0.05) is 11.6 Å². The van der Waals surface area contributed by atoms with Crippen LogP contribution in [0.5, 0.6) is 5.88 Å². The third-order valence-corrected chi connectivity index (χ3v) is 3.04. The average molecular weight is 321 g/mol. The molecule has 0 aliphatic rings. The minimum atomic E-state index is -4.53. The molecule has 0 atom stereocenters. The zero-order valence-electron chi connectivity index (χ0n) is 11.8. The number of aromatic nitrogens is 5. The smallest absolute Gasteiger partial charge is 0.436 e. The molecule has 23 heavy (non-hydrogen) atoms. The molecule has 3 aromatic rings. The van der Waals surface area contributed by atoms with E-state index in [0.717, 1.165) is 10.9 Å². The van der Waals surface area contributed by atoms with E-state index in [1.54, 1.807) is 30.3 Å². The summed E-state index contributed by atoms with van der Waals surface area (Å²) in [6.07, 6.45) is -2.35. The summed E-state index contributed by atoms with van der Waals surface area (Å²) < 4.78 is 43.9. The van der Waals surface area contributed by atoms with Crippen LogP contribution in [0.4, 0.5) is 13.2 Å². The summed E-state index contributed by atoms with van der Waals surface area (Å²) in [6, 6.07) is 8.36. The van der Waals surface area contributed by atoms with Gasteiger partial charge in [0.15, 0.2) is 5.69 Å². The van der Waals surface area contributed by atoms with E-state index in [1.807, 2.05) is 0 Å². The van der Waals surface area contributed by atoms with Crippen LogP contribution < -0.4 is 4.74 Å². The van der Waals surface area contributed by atoms with Gasteiger partial charge in [0.2, 0.25) is 5.88 Å². The molecule has 118 valence electrons. The van der Waals surface area contributed by atoms with E-state index < -0.39 is 11.9 Å². The fraction of sp³-hybridized carbons (Fsp3) is 0.143. The molecule has 0 radical (unpaired) electrons. The van der Waals surface area contributed by atoms with Gasteiger partial charge in [-0.1, -0.05) is 17.3 Å². The van der Waals surface area contributed by atoms with E-state index in [0.29, 0.717) is 22.8 Å². The van der Waals surface area contributed by atoms with Gasteiger partial charge in [0.1, 0.15) is 6.33 Å². The zero-order chi connectivity index (χ0) is 16.4. The summed E-state index contributed by atoms with van der Waals surface area (Å²) in [6.45, 7) is 0. The highest BCUT2D eigenvalue weighted by Gasteiger charge is 2.34. The molecule has 0 saturated carbocycles. The fourth-order valence-corrected chi connectivity index (χ4v) is 1.94. The lowest BCUT2D eigenvalue weighted by Crippen LogP contribution is -2.04. The summed E-state index contributed by atoms with van der Waals surface area (Å²) in [5.74, 6) is 0.389. The Morgan fingerprint density at radius 2 is 1.96 bits per heavy atom. The molecule has 0 fully saturated rings. The van der Waals surface area contributed by atoms with Gasteiger partial charge in [-0.25, -0.2) is 14.6 Å². The lowest BCUT2D eigenvalue weighted by Gasteiger charge is -2.05. The maximum absolute atomic E-state index is 12.6. The van der Waals surface area contributed by atoms with Gasteiger partial charge in [-0.05, 0) is 12.1 Å². The Morgan fingerprint density at radius 1 is 1.13 bits per heavy atom. The van der Waals surface area contributed by atoms with E-state index in [-0.39, 0.29) is 0 Å². The number of nitrogens with zero attached hydrogens (tertiary/aromatic N) is 5. The highest BCUT2D eigenvalue weighted by atomic mass is 19.4. The number of rotatable bonds is 3. The number of ether oxygens (including phenoxy) is 1. The van der Waals surface area contributed by atoms with Crippen molar-refractivity contribution in [3.63, 3.8) is 0 Å². The molecule has 0 saturated heterocycles. The summed E-state index contributed by atoms with van der Waals surface area (Å²) in [4.78, 5) is 8.03. The normalized spacial score (nSPS) is 11.5. The van der Waals surface area contributed by atoms with E-state index in [9.17, 15) is 13.2 Å². The largest absolute Gasteiger partial charge is 0.481 e. The number of benzene rings is 1. The van der Waals surface area contributed by atoms with Crippen LogP contribution in [0.1, 0.15) is 5.69 Å². The van der Waals surface area contributed by atoms with Crippen molar-refractivity contribution in [2.24, 2.45) is 0 Å². The third kappa shape index (κ3) is 3.12. The molecule has 0 amide bonds. The van der Waals surface area contributed by atoms with Gasteiger partial charge in [-0.15, -0.1) is 5.10 Å². The fourth-order valence-electron chi connectivity index (χ4n) is 1.94. The van der Waals surface area contributed by atoms with Crippen LogP contribution in [0.25, 0.3) is 16.9 Å². The van der Waals surface area contributed by atoms with E-state index in [2.05, 4.69) is 20.3 Å². The molecule has 1 aromatic carbocycles. The van der Waals surface area contributed by atoms with Crippen LogP contribution >= 0.6 is 0 Å². The molecular weight excluding hydrogens is 311 g/mol. The first-order chi connectivity index (χ1) is 11.0.